The number of nitrogens with one attached hydrogen (secondary N) is 1. The fraction of sp³-hybridized carbons (Fsp3) is 0.571. The van der Waals surface area contributed by atoms with Crippen LogP contribution in [0.25, 0.3) is 0 Å². The first-order valence-electron chi connectivity index (χ1n) is 6.32. The molecular formula is C14H20ClN3S. The molecule has 104 valence electrons. The largest absolute Gasteiger partial charge is 0.297 e. The summed E-state index contributed by atoms with van der Waals surface area (Å²) in [6.45, 7) is 8.15. The number of thioether (sulfide) groups is 1. The zero-order chi connectivity index (χ0) is 14.5. The Hall–Kier alpha value is -0.760. The van der Waals surface area contributed by atoms with Gasteiger partial charge in [-0.2, -0.15) is 5.26 Å². The molecular weight excluding hydrogens is 278 g/mol. The van der Waals surface area contributed by atoms with Crippen molar-refractivity contribution >= 4 is 23.4 Å². The molecule has 1 aromatic rings. The highest BCUT2D eigenvalue weighted by atomic mass is 35.5. The molecule has 2 unspecified atom stereocenters. The van der Waals surface area contributed by atoms with E-state index in [2.05, 4.69) is 23.3 Å². The Labute approximate surface area is 124 Å². The molecule has 0 bridgehead atoms. The number of hydrogen-bond donors (Lipinski definition) is 1. The average molecular weight is 298 g/mol. The van der Waals surface area contributed by atoms with Crippen molar-refractivity contribution in [3.63, 3.8) is 0 Å². The van der Waals surface area contributed by atoms with Crippen molar-refractivity contribution in [2.24, 2.45) is 0 Å². The fourth-order valence-electron chi connectivity index (χ4n) is 2.03. The number of nitriles is 1. The molecule has 2 atom stereocenters. The molecule has 0 aliphatic rings. The number of pyridine rings is 1. The monoisotopic (exact) mass is 297 g/mol. The molecule has 19 heavy (non-hydrogen) atoms. The Morgan fingerprint density at radius 3 is 2.63 bits per heavy atom. The highest BCUT2D eigenvalue weighted by Crippen LogP contribution is 2.28. The van der Waals surface area contributed by atoms with Crippen molar-refractivity contribution in [2.75, 3.05) is 0 Å². The summed E-state index contributed by atoms with van der Waals surface area (Å²) in [7, 11) is 0. The van der Waals surface area contributed by atoms with Gasteiger partial charge in [0.15, 0.2) is 0 Å². The number of nitrogens with zero attached hydrogens (tertiary/aromatic N) is 2. The maximum Gasteiger partial charge on any atom is 0.105 e. The lowest BCUT2D eigenvalue weighted by molar-refractivity contribution is 0.382. The van der Waals surface area contributed by atoms with Gasteiger partial charge in [-0.3, -0.25) is 5.32 Å². The molecule has 1 N–H and O–H groups in total. The summed E-state index contributed by atoms with van der Waals surface area (Å²) in [5.41, 5.74) is -0.507. The second kappa shape index (κ2) is 7.14. The van der Waals surface area contributed by atoms with E-state index >= 15 is 0 Å². The lowest BCUT2D eigenvalue weighted by Gasteiger charge is -2.28. The van der Waals surface area contributed by atoms with E-state index in [1.807, 2.05) is 32.9 Å². The van der Waals surface area contributed by atoms with Crippen LogP contribution in [0.15, 0.2) is 23.4 Å². The summed E-state index contributed by atoms with van der Waals surface area (Å²) in [5, 5.41) is 14.5. The molecule has 0 aliphatic heterocycles. The van der Waals surface area contributed by atoms with E-state index in [1.165, 1.54) is 0 Å². The van der Waals surface area contributed by atoms with Crippen LogP contribution in [0.4, 0.5) is 0 Å². The van der Waals surface area contributed by atoms with Gasteiger partial charge in [0, 0.05) is 17.5 Å². The van der Waals surface area contributed by atoms with Gasteiger partial charge in [0.2, 0.25) is 0 Å². The first kappa shape index (κ1) is 16.3. The average Bonchev–Trinajstić information content (AvgIpc) is 2.31. The number of rotatable bonds is 6. The number of aromatic nitrogens is 1. The van der Waals surface area contributed by atoms with E-state index in [9.17, 15) is 5.26 Å². The molecule has 0 aromatic carbocycles. The van der Waals surface area contributed by atoms with E-state index < -0.39 is 5.54 Å². The van der Waals surface area contributed by atoms with Crippen molar-refractivity contribution in [2.45, 2.75) is 56.0 Å². The number of hydrogen-bond acceptors (Lipinski definition) is 4. The van der Waals surface area contributed by atoms with Gasteiger partial charge < -0.3 is 0 Å². The van der Waals surface area contributed by atoms with Gasteiger partial charge in [-0.1, -0.05) is 18.5 Å². The van der Waals surface area contributed by atoms with E-state index in [0.29, 0.717) is 10.3 Å². The summed E-state index contributed by atoms with van der Waals surface area (Å²) < 4.78 is 0. The van der Waals surface area contributed by atoms with Crippen LogP contribution in [0.5, 0.6) is 0 Å². The van der Waals surface area contributed by atoms with E-state index in [0.717, 1.165) is 11.4 Å². The van der Waals surface area contributed by atoms with Crippen LogP contribution >= 0.6 is 23.4 Å². The van der Waals surface area contributed by atoms with Crippen LogP contribution < -0.4 is 5.32 Å². The van der Waals surface area contributed by atoms with Crippen molar-refractivity contribution in [3.05, 3.63) is 23.4 Å². The summed E-state index contributed by atoms with van der Waals surface area (Å²) in [5.74, 6) is 0. The maximum atomic E-state index is 9.33. The van der Waals surface area contributed by atoms with Gasteiger partial charge in [0.05, 0.1) is 16.1 Å². The van der Waals surface area contributed by atoms with Gasteiger partial charge in [-0.05, 0) is 39.3 Å². The molecule has 0 saturated heterocycles. The number of halogens is 1. The summed E-state index contributed by atoms with van der Waals surface area (Å²) in [6.07, 6.45) is 2.41. The van der Waals surface area contributed by atoms with Gasteiger partial charge in [0.25, 0.3) is 0 Å². The summed E-state index contributed by atoms with van der Waals surface area (Å²) >= 11 is 7.47. The molecule has 0 fully saturated rings. The SMILES string of the molecule is CC(C)NC(C)(C#N)CC(C)Sc1ccc(Cl)cn1. The van der Waals surface area contributed by atoms with Gasteiger partial charge in [-0.15, -0.1) is 11.8 Å². The predicted molar refractivity (Wildman–Crippen MR) is 81.5 cm³/mol. The third kappa shape index (κ3) is 5.82. The lowest BCUT2D eigenvalue weighted by Crippen LogP contribution is -2.46. The third-order valence-corrected chi connectivity index (χ3v) is 3.85. The first-order valence-corrected chi connectivity index (χ1v) is 7.57. The molecule has 0 aliphatic carbocycles. The Kier molecular flexibility index (Phi) is 6.12. The zero-order valence-electron chi connectivity index (χ0n) is 11.8. The Balaban J connectivity index is 2.61. The van der Waals surface area contributed by atoms with Crippen LogP contribution in [-0.4, -0.2) is 21.8 Å². The van der Waals surface area contributed by atoms with Crippen molar-refractivity contribution in [1.82, 2.24) is 10.3 Å². The highest BCUT2D eigenvalue weighted by Gasteiger charge is 2.27. The van der Waals surface area contributed by atoms with E-state index in [-0.39, 0.29) is 6.04 Å². The quantitative estimate of drug-likeness (QED) is 0.809. The second-order valence-electron chi connectivity index (χ2n) is 5.19. The molecule has 0 radical (unpaired) electrons. The van der Waals surface area contributed by atoms with Gasteiger partial charge in [0.1, 0.15) is 5.54 Å². The molecule has 0 amide bonds. The molecule has 1 heterocycles. The first-order chi connectivity index (χ1) is 8.84. The zero-order valence-corrected chi connectivity index (χ0v) is 13.3. The lowest BCUT2D eigenvalue weighted by atomic mass is 9.97. The minimum atomic E-state index is -0.507. The van der Waals surface area contributed by atoms with Crippen molar-refractivity contribution in [1.29, 1.82) is 5.26 Å². The van der Waals surface area contributed by atoms with Gasteiger partial charge in [-0.25, -0.2) is 4.98 Å². The Morgan fingerprint density at radius 1 is 1.47 bits per heavy atom. The fourth-order valence-corrected chi connectivity index (χ4v) is 3.23. The molecule has 5 heteroatoms. The maximum absolute atomic E-state index is 9.33. The van der Waals surface area contributed by atoms with Crippen LogP contribution in [-0.2, 0) is 0 Å². The van der Waals surface area contributed by atoms with E-state index in [4.69, 9.17) is 11.6 Å². The Bertz CT molecular complexity index is 441. The minimum absolute atomic E-state index is 0.288. The molecule has 0 saturated carbocycles. The molecule has 0 spiro atoms. The normalized spacial score (nSPS) is 15.8. The standard InChI is InChI=1S/C14H20ClN3S/c1-10(2)18-14(4,9-16)7-11(3)19-13-6-5-12(15)8-17-13/h5-6,8,10-11,18H,7H2,1-4H3. The van der Waals surface area contributed by atoms with Crippen LogP contribution in [0, 0.1) is 11.3 Å². The molecule has 1 aromatic heterocycles. The third-order valence-electron chi connectivity index (χ3n) is 2.57. The van der Waals surface area contributed by atoms with Gasteiger partial charge >= 0.3 is 0 Å². The topological polar surface area (TPSA) is 48.7 Å². The summed E-state index contributed by atoms with van der Waals surface area (Å²) in [4.78, 5) is 4.26. The summed E-state index contributed by atoms with van der Waals surface area (Å²) in [6, 6.07) is 6.40. The minimum Gasteiger partial charge on any atom is -0.297 e. The van der Waals surface area contributed by atoms with E-state index in [1.54, 1.807) is 18.0 Å². The Morgan fingerprint density at radius 2 is 2.16 bits per heavy atom. The van der Waals surface area contributed by atoms with Crippen LogP contribution in [0.2, 0.25) is 5.02 Å². The highest BCUT2D eigenvalue weighted by molar-refractivity contribution is 7.99. The van der Waals surface area contributed by atoms with Crippen molar-refractivity contribution < 1.29 is 0 Å². The smallest absolute Gasteiger partial charge is 0.105 e. The van der Waals surface area contributed by atoms with Crippen LogP contribution in [0.1, 0.15) is 34.1 Å². The van der Waals surface area contributed by atoms with Crippen molar-refractivity contribution in [3.8, 4) is 6.07 Å². The van der Waals surface area contributed by atoms with Crippen LogP contribution in [0.3, 0.4) is 0 Å². The molecule has 1 rings (SSSR count). The second-order valence-corrected chi connectivity index (χ2v) is 7.09. The molecule has 3 nitrogen and oxygen atoms in total. The predicted octanol–water partition coefficient (Wildman–Crippen LogP) is 3.89.